The molecule has 0 bridgehead atoms. The van der Waals surface area contributed by atoms with E-state index in [0.717, 1.165) is 20.8 Å². The number of para-hydroxylation sites is 1. The first-order chi connectivity index (χ1) is 7.63. The second-order valence-electron chi connectivity index (χ2n) is 4.19. The highest BCUT2D eigenvalue weighted by atomic mass is 32.1. The van der Waals surface area contributed by atoms with Crippen LogP contribution >= 0.6 is 11.3 Å². The van der Waals surface area contributed by atoms with Crippen molar-refractivity contribution in [2.75, 3.05) is 6.61 Å². The van der Waals surface area contributed by atoms with Crippen LogP contribution in [-0.4, -0.2) is 16.7 Å². The van der Waals surface area contributed by atoms with Gasteiger partial charge in [0.25, 0.3) is 0 Å². The van der Waals surface area contributed by atoms with Crippen LogP contribution in [0.1, 0.15) is 36.4 Å². The van der Waals surface area contributed by atoms with Gasteiger partial charge in [0.1, 0.15) is 0 Å². The highest BCUT2D eigenvalue weighted by molar-refractivity contribution is 7.18. The van der Waals surface area contributed by atoms with Crippen molar-refractivity contribution >= 4 is 21.6 Å². The van der Waals surface area contributed by atoms with E-state index in [4.69, 9.17) is 10.8 Å². The van der Waals surface area contributed by atoms with Crippen LogP contribution in [-0.2, 0) is 0 Å². The molecular weight excluding hydrogens is 220 g/mol. The molecule has 86 valence electrons. The normalized spacial score (nSPS) is 13.6. The molecule has 0 saturated heterocycles. The Hall–Kier alpha value is -0.970. The molecule has 0 aliphatic carbocycles. The average molecular weight is 236 g/mol. The number of hydrogen-bond acceptors (Lipinski definition) is 4. The van der Waals surface area contributed by atoms with Crippen molar-refractivity contribution in [3.05, 3.63) is 28.8 Å². The maximum Gasteiger partial charge on any atom is 0.0964 e. The Morgan fingerprint density at radius 3 is 2.81 bits per heavy atom. The van der Waals surface area contributed by atoms with Crippen molar-refractivity contribution in [2.45, 2.75) is 25.8 Å². The second kappa shape index (κ2) is 4.49. The Balaban J connectivity index is 2.58. The monoisotopic (exact) mass is 236 g/mol. The van der Waals surface area contributed by atoms with Gasteiger partial charge >= 0.3 is 0 Å². The molecule has 0 spiro atoms. The number of nitrogens with zero attached hydrogens (tertiary/aromatic N) is 1. The first-order valence-corrected chi connectivity index (χ1v) is 6.21. The molecule has 3 N–H and O–H groups in total. The fraction of sp³-hybridized carbons (Fsp3) is 0.417. The molecule has 4 heteroatoms. The third kappa shape index (κ3) is 1.96. The van der Waals surface area contributed by atoms with Crippen molar-refractivity contribution in [1.82, 2.24) is 4.98 Å². The molecule has 0 amide bonds. The smallest absolute Gasteiger partial charge is 0.0964 e. The van der Waals surface area contributed by atoms with Crippen LogP contribution in [0.5, 0.6) is 0 Å². The van der Waals surface area contributed by atoms with Gasteiger partial charge in [0.15, 0.2) is 0 Å². The summed E-state index contributed by atoms with van der Waals surface area (Å²) in [6.07, 6.45) is 0. The van der Waals surface area contributed by atoms with E-state index >= 15 is 0 Å². The minimum absolute atomic E-state index is 0.0480. The molecule has 1 aromatic heterocycles. The molecule has 1 heterocycles. The van der Waals surface area contributed by atoms with E-state index in [1.165, 1.54) is 0 Å². The van der Waals surface area contributed by atoms with Gasteiger partial charge in [0.05, 0.1) is 27.9 Å². The second-order valence-corrected chi connectivity index (χ2v) is 5.25. The topological polar surface area (TPSA) is 59.1 Å². The van der Waals surface area contributed by atoms with E-state index in [2.05, 4.69) is 18.8 Å². The van der Waals surface area contributed by atoms with Crippen LogP contribution < -0.4 is 5.73 Å². The van der Waals surface area contributed by atoms with Crippen LogP contribution in [0.15, 0.2) is 18.2 Å². The third-order valence-electron chi connectivity index (χ3n) is 2.56. The van der Waals surface area contributed by atoms with Crippen molar-refractivity contribution < 1.29 is 5.11 Å². The number of nitrogens with two attached hydrogens (primary N) is 1. The quantitative estimate of drug-likeness (QED) is 0.860. The SMILES string of the molecule is CC(C)c1nc2c(C(N)CO)cccc2s1. The molecule has 0 saturated carbocycles. The Kier molecular flexibility index (Phi) is 3.23. The maximum atomic E-state index is 9.11. The van der Waals surface area contributed by atoms with Crippen LogP contribution in [0.2, 0.25) is 0 Å². The zero-order valence-corrected chi connectivity index (χ0v) is 10.3. The zero-order chi connectivity index (χ0) is 11.7. The summed E-state index contributed by atoms with van der Waals surface area (Å²) >= 11 is 1.70. The fourth-order valence-corrected chi connectivity index (χ4v) is 2.64. The molecule has 1 atom stereocenters. The van der Waals surface area contributed by atoms with Crippen LogP contribution in [0.25, 0.3) is 10.2 Å². The van der Waals surface area contributed by atoms with E-state index in [0.29, 0.717) is 5.92 Å². The summed E-state index contributed by atoms with van der Waals surface area (Å²) in [5, 5.41) is 10.2. The third-order valence-corrected chi connectivity index (χ3v) is 3.88. The Morgan fingerprint density at radius 2 is 2.19 bits per heavy atom. The van der Waals surface area contributed by atoms with Gasteiger partial charge in [-0.2, -0.15) is 0 Å². The number of benzene rings is 1. The Bertz CT molecular complexity index is 493. The summed E-state index contributed by atoms with van der Waals surface area (Å²) in [4.78, 5) is 4.61. The lowest BCUT2D eigenvalue weighted by Gasteiger charge is -2.08. The summed E-state index contributed by atoms with van der Waals surface area (Å²) in [6.45, 7) is 4.21. The van der Waals surface area contributed by atoms with Gasteiger partial charge in [-0.1, -0.05) is 26.0 Å². The van der Waals surface area contributed by atoms with E-state index in [-0.39, 0.29) is 12.6 Å². The Labute approximate surface area is 98.9 Å². The van der Waals surface area contributed by atoms with Gasteiger partial charge < -0.3 is 10.8 Å². The lowest BCUT2D eigenvalue weighted by molar-refractivity contribution is 0.268. The Morgan fingerprint density at radius 1 is 1.44 bits per heavy atom. The minimum atomic E-state index is -0.342. The molecule has 0 fully saturated rings. The largest absolute Gasteiger partial charge is 0.394 e. The van der Waals surface area contributed by atoms with Gasteiger partial charge in [-0.15, -0.1) is 11.3 Å². The lowest BCUT2D eigenvalue weighted by Crippen LogP contribution is -2.14. The average Bonchev–Trinajstić information content (AvgIpc) is 2.71. The molecule has 1 unspecified atom stereocenters. The number of hydrogen-bond donors (Lipinski definition) is 2. The molecule has 3 nitrogen and oxygen atoms in total. The number of fused-ring (bicyclic) bond motifs is 1. The van der Waals surface area contributed by atoms with Gasteiger partial charge in [-0.3, -0.25) is 0 Å². The van der Waals surface area contributed by atoms with Gasteiger partial charge in [0.2, 0.25) is 0 Å². The van der Waals surface area contributed by atoms with Crippen LogP contribution in [0.4, 0.5) is 0 Å². The van der Waals surface area contributed by atoms with Crippen molar-refractivity contribution in [3.63, 3.8) is 0 Å². The van der Waals surface area contributed by atoms with Crippen LogP contribution in [0.3, 0.4) is 0 Å². The van der Waals surface area contributed by atoms with E-state index in [1.807, 2.05) is 18.2 Å². The molecule has 16 heavy (non-hydrogen) atoms. The predicted molar refractivity (Wildman–Crippen MR) is 67.7 cm³/mol. The lowest BCUT2D eigenvalue weighted by atomic mass is 10.1. The first-order valence-electron chi connectivity index (χ1n) is 5.39. The highest BCUT2D eigenvalue weighted by Gasteiger charge is 2.14. The minimum Gasteiger partial charge on any atom is -0.394 e. The zero-order valence-electron chi connectivity index (χ0n) is 9.47. The molecule has 0 aliphatic heterocycles. The predicted octanol–water partition coefficient (Wildman–Crippen LogP) is 2.41. The number of aromatic nitrogens is 1. The van der Waals surface area contributed by atoms with E-state index < -0.39 is 0 Å². The highest BCUT2D eigenvalue weighted by Crippen LogP contribution is 2.30. The molecule has 0 aliphatic rings. The van der Waals surface area contributed by atoms with E-state index in [1.54, 1.807) is 11.3 Å². The summed E-state index contributed by atoms with van der Waals surface area (Å²) in [5.41, 5.74) is 7.74. The number of aliphatic hydroxyl groups is 1. The number of rotatable bonds is 3. The van der Waals surface area contributed by atoms with Crippen LogP contribution in [0, 0.1) is 0 Å². The summed E-state index contributed by atoms with van der Waals surface area (Å²) in [6, 6.07) is 5.61. The standard InChI is InChI=1S/C12H16N2OS/c1-7(2)12-14-11-8(9(13)6-15)4-3-5-10(11)16-12/h3-5,7,9,15H,6,13H2,1-2H3. The van der Waals surface area contributed by atoms with Crippen molar-refractivity contribution in [1.29, 1.82) is 0 Å². The van der Waals surface area contributed by atoms with E-state index in [9.17, 15) is 0 Å². The summed E-state index contributed by atoms with van der Waals surface area (Å²) < 4.78 is 1.14. The molecule has 0 radical (unpaired) electrons. The summed E-state index contributed by atoms with van der Waals surface area (Å²) in [7, 11) is 0. The van der Waals surface area contributed by atoms with Gasteiger partial charge in [0, 0.05) is 5.92 Å². The number of thiazole rings is 1. The molecule has 2 rings (SSSR count). The molecule has 1 aromatic carbocycles. The van der Waals surface area contributed by atoms with Crippen molar-refractivity contribution in [3.8, 4) is 0 Å². The summed E-state index contributed by atoms with van der Waals surface area (Å²) in [5.74, 6) is 0.426. The molecular formula is C12H16N2OS. The van der Waals surface area contributed by atoms with Gasteiger partial charge in [-0.25, -0.2) is 4.98 Å². The number of aliphatic hydroxyl groups excluding tert-OH is 1. The fourth-order valence-electron chi connectivity index (χ4n) is 1.63. The van der Waals surface area contributed by atoms with Gasteiger partial charge in [-0.05, 0) is 11.6 Å². The maximum absolute atomic E-state index is 9.11. The van der Waals surface area contributed by atoms with Crippen molar-refractivity contribution in [2.24, 2.45) is 5.73 Å². The first kappa shape index (κ1) is 11.5. The molecule has 2 aromatic rings.